The summed E-state index contributed by atoms with van der Waals surface area (Å²) in [4.78, 5) is 2.57. The second-order valence-electron chi connectivity index (χ2n) is 6.08. The summed E-state index contributed by atoms with van der Waals surface area (Å²) in [7, 11) is 0. The van der Waals surface area contributed by atoms with E-state index in [0.29, 0.717) is 5.92 Å². The van der Waals surface area contributed by atoms with Crippen LogP contribution in [-0.2, 0) is 0 Å². The molecule has 2 N–H and O–H groups in total. The molecule has 1 aliphatic rings. The number of rotatable bonds is 10. The van der Waals surface area contributed by atoms with Crippen LogP contribution in [0, 0.1) is 11.3 Å². The predicted molar refractivity (Wildman–Crippen MR) is 84.2 cm³/mol. The quantitative estimate of drug-likeness (QED) is 0.471. The van der Waals surface area contributed by atoms with E-state index in [-0.39, 0.29) is 0 Å². The summed E-state index contributed by atoms with van der Waals surface area (Å²) < 4.78 is 0. The van der Waals surface area contributed by atoms with E-state index in [1.807, 2.05) is 0 Å². The van der Waals surface area contributed by atoms with Crippen LogP contribution < -0.4 is 5.32 Å². The molecule has 0 spiro atoms. The summed E-state index contributed by atoms with van der Waals surface area (Å²) in [6.45, 7) is 10.5. The molecule has 0 aromatic rings. The Labute approximate surface area is 119 Å². The molecule has 1 rings (SSSR count). The van der Waals surface area contributed by atoms with Crippen LogP contribution in [0.5, 0.6) is 0 Å². The fourth-order valence-electron chi connectivity index (χ4n) is 2.63. The smallest absolute Gasteiger partial charge is 0.0107 e. The van der Waals surface area contributed by atoms with Crippen molar-refractivity contribution in [2.75, 3.05) is 32.7 Å². The highest BCUT2D eigenvalue weighted by molar-refractivity contribution is 5.81. The van der Waals surface area contributed by atoms with E-state index in [0.717, 1.165) is 31.6 Å². The fraction of sp³-hybridized carbons (Fsp3) is 0.938. The van der Waals surface area contributed by atoms with Gasteiger partial charge in [-0.1, -0.05) is 33.1 Å². The fourth-order valence-corrected chi connectivity index (χ4v) is 2.63. The minimum Gasteiger partial charge on any atom is -0.314 e. The van der Waals surface area contributed by atoms with Crippen LogP contribution in [0.15, 0.2) is 0 Å². The average Bonchev–Trinajstić information content (AvgIpc) is 2.43. The minimum absolute atomic E-state index is 0.695. The van der Waals surface area contributed by atoms with E-state index in [1.54, 1.807) is 0 Å². The van der Waals surface area contributed by atoms with Gasteiger partial charge in [0.2, 0.25) is 0 Å². The van der Waals surface area contributed by atoms with Crippen LogP contribution in [0.1, 0.15) is 58.8 Å². The first kappa shape index (κ1) is 16.6. The van der Waals surface area contributed by atoms with Gasteiger partial charge < -0.3 is 15.6 Å². The van der Waals surface area contributed by atoms with Gasteiger partial charge in [-0.05, 0) is 38.1 Å². The largest absolute Gasteiger partial charge is 0.314 e. The lowest BCUT2D eigenvalue weighted by Crippen LogP contribution is -2.43. The Kier molecular flexibility index (Phi) is 9.10. The second kappa shape index (κ2) is 10.4. The summed E-state index contributed by atoms with van der Waals surface area (Å²) in [5.74, 6) is 0.695. The number of nitrogens with one attached hydrogen (secondary N) is 2. The molecule has 19 heavy (non-hydrogen) atoms. The van der Waals surface area contributed by atoms with Gasteiger partial charge >= 0.3 is 0 Å². The normalized spacial score (nSPS) is 18.4. The van der Waals surface area contributed by atoms with Crippen LogP contribution in [0.25, 0.3) is 0 Å². The second-order valence-corrected chi connectivity index (χ2v) is 6.08. The SMILES string of the molecule is CCC(C)CC(=N)CCCCCCN1CCNCC1. The minimum atomic E-state index is 0.695. The Morgan fingerprint density at radius 2 is 1.84 bits per heavy atom. The Hall–Kier alpha value is -0.410. The van der Waals surface area contributed by atoms with Crippen LogP contribution in [0.3, 0.4) is 0 Å². The molecular weight excluding hydrogens is 234 g/mol. The molecule has 3 heteroatoms. The maximum absolute atomic E-state index is 7.95. The number of piperazine rings is 1. The zero-order valence-electron chi connectivity index (χ0n) is 13.0. The lowest BCUT2D eigenvalue weighted by atomic mass is 9.98. The Bertz CT molecular complexity index is 234. The molecule has 0 aromatic heterocycles. The Balaban J connectivity index is 1.89. The molecule has 1 unspecified atom stereocenters. The molecule has 0 aromatic carbocycles. The average molecular weight is 267 g/mol. The van der Waals surface area contributed by atoms with Crippen molar-refractivity contribution in [1.29, 1.82) is 5.41 Å². The lowest BCUT2D eigenvalue weighted by molar-refractivity contribution is 0.236. The number of hydrogen-bond acceptors (Lipinski definition) is 3. The summed E-state index contributed by atoms with van der Waals surface area (Å²) >= 11 is 0. The monoisotopic (exact) mass is 267 g/mol. The van der Waals surface area contributed by atoms with Crippen molar-refractivity contribution in [3.63, 3.8) is 0 Å². The van der Waals surface area contributed by atoms with Gasteiger partial charge in [-0.3, -0.25) is 0 Å². The van der Waals surface area contributed by atoms with Gasteiger partial charge in [0, 0.05) is 31.9 Å². The lowest BCUT2D eigenvalue weighted by Gasteiger charge is -2.27. The molecule has 0 bridgehead atoms. The van der Waals surface area contributed by atoms with Gasteiger partial charge in [0.25, 0.3) is 0 Å². The maximum Gasteiger partial charge on any atom is 0.0107 e. The van der Waals surface area contributed by atoms with Crippen molar-refractivity contribution in [3.8, 4) is 0 Å². The van der Waals surface area contributed by atoms with Gasteiger partial charge in [-0.2, -0.15) is 0 Å². The van der Waals surface area contributed by atoms with Gasteiger partial charge in [0.15, 0.2) is 0 Å². The van der Waals surface area contributed by atoms with Gasteiger partial charge in [-0.15, -0.1) is 0 Å². The summed E-state index contributed by atoms with van der Waals surface area (Å²) in [5.41, 5.74) is 0.969. The molecule has 1 fully saturated rings. The highest BCUT2D eigenvalue weighted by atomic mass is 15.2. The van der Waals surface area contributed by atoms with Crippen molar-refractivity contribution in [2.45, 2.75) is 58.8 Å². The van der Waals surface area contributed by atoms with E-state index < -0.39 is 0 Å². The third kappa shape index (κ3) is 8.38. The molecule has 0 saturated carbocycles. The summed E-state index contributed by atoms with van der Waals surface area (Å²) in [6.07, 6.45) is 8.42. The van der Waals surface area contributed by atoms with E-state index in [9.17, 15) is 0 Å². The molecule has 0 amide bonds. The first-order valence-corrected chi connectivity index (χ1v) is 8.21. The Morgan fingerprint density at radius 1 is 1.16 bits per heavy atom. The Morgan fingerprint density at radius 3 is 2.53 bits per heavy atom. The van der Waals surface area contributed by atoms with Crippen molar-refractivity contribution in [2.24, 2.45) is 5.92 Å². The molecule has 1 aliphatic heterocycles. The van der Waals surface area contributed by atoms with Gasteiger partial charge in [0.1, 0.15) is 0 Å². The molecular formula is C16H33N3. The zero-order chi connectivity index (χ0) is 13.9. The zero-order valence-corrected chi connectivity index (χ0v) is 13.0. The molecule has 112 valence electrons. The number of hydrogen-bond donors (Lipinski definition) is 2. The standard InChI is InChI=1S/C16H33N3/c1-3-15(2)14-16(17)8-6-4-5-7-11-19-12-9-18-10-13-19/h15,17-18H,3-14H2,1-2H3. The predicted octanol–water partition coefficient (Wildman–Crippen LogP) is 3.30. The van der Waals surface area contributed by atoms with Crippen LogP contribution in [0.4, 0.5) is 0 Å². The third-order valence-electron chi connectivity index (χ3n) is 4.20. The molecule has 1 atom stereocenters. The van der Waals surface area contributed by atoms with Crippen LogP contribution in [-0.4, -0.2) is 43.3 Å². The van der Waals surface area contributed by atoms with E-state index in [1.165, 1.54) is 51.7 Å². The highest BCUT2D eigenvalue weighted by Gasteiger charge is 2.08. The van der Waals surface area contributed by atoms with Crippen LogP contribution in [0.2, 0.25) is 0 Å². The summed E-state index contributed by atoms with van der Waals surface area (Å²) in [5, 5.41) is 11.3. The maximum atomic E-state index is 7.95. The number of nitrogens with zero attached hydrogens (tertiary/aromatic N) is 1. The van der Waals surface area contributed by atoms with Crippen molar-refractivity contribution in [1.82, 2.24) is 10.2 Å². The molecule has 1 saturated heterocycles. The third-order valence-corrected chi connectivity index (χ3v) is 4.20. The van der Waals surface area contributed by atoms with Crippen molar-refractivity contribution < 1.29 is 0 Å². The van der Waals surface area contributed by atoms with Crippen LogP contribution >= 0.6 is 0 Å². The van der Waals surface area contributed by atoms with Crippen molar-refractivity contribution >= 4 is 5.71 Å². The topological polar surface area (TPSA) is 39.1 Å². The number of unbranched alkanes of at least 4 members (excludes halogenated alkanes) is 3. The van der Waals surface area contributed by atoms with Crippen molar-refractivity contribution in [3.05, 3.63) is 0 Å². The van der Waals surface area contributed by atoms with E-state index in [2.05, 4.69) is 24.1 Å². The summed E-state index contributed by atoms with van der Waals surface area (Å²) in [6, 6.07) is 0. The molecule has 0 aliphatic carbocycles. The molecule has 1 heterocycles. The highest BCUT2D eigenvalue weighted by Crippen LogP contribution is 2.12. The molecule has 0 radical (unpaired) electrons. The molecule has 3 nitrogen and oxygen atoms in total. The first-order chi connectivity index (χ1) is 9.22. The first-order valence-electron chi connectivity index (χ1n) is 8.21. The van der Waals surface area contributed by atoms with Gasteiger partial charge in [-0.25, -0.2) is 0 Å². The van der Waals surface area contributed by atoms with E-state index in [4.69, 9.17) is 5.41 Å². The van der Waals surface area contributed by atoms with Gasteiger partial charge in [0.05, 0.1) is 0 Å². The van der Waals surface area contributed by atoms with E-state index >= 15 is 0 Å².